The van der Waals surface area contributed by atoms with Crippen molar-refractivity contribution in [2.75, 3.05) is 0 Å². The summed E-state index contributed by atoms with van der Waals surface area (Å²) < 4.78 is 41.2. The van der Waals surface area contributed by atoms with Crippen LogP contribution in [0.5, 0.6) is 5.75 Å². The Morgan fingerprint density at radius 3 is 2.57 bits per heavy atom. The molecule has 1 aromatic carbocycles. The molecule has 21 heavy (non-hydrogen) atoms. The van der Waals surface area contributed by atoms with Crippen LogP contribution in [0, 0.1) is 0 Å². The number of thiophene rings is 1. The molecule has 0 spiro atoms. The number of rotatable bonds is 6. The van der Waals surface area contributed by atoms with Crippen molar-refractivity contribution >= 4 is 11.3 Å². The largest absolute Gasteiger partial charge is 0.573 e. The van der Waals surface area contributed by atoms with Crippen molar-refractivity contribution in [3.63, 3.8) is 0 Å². The van der Waals surface area contributed by atoms with E-state index in [1.807, 2.05) is 24.4 Å². The van der Waals surface area contributed by atoms with E-state index in [4.69, 9.17) is 0 Å². The Kier molecular flexibility index (Phi) is 5.25. The van der Waals surface area contributed by atoms with Gasteiger partial charge in [0.1, 0.15) is 5.75 Å². The molecule has 0 aliphatic rings. The number of hydrogen-bond acceptors (Lipinski definition) is 3. The van der Waals surface area contributed by atoms with Crippen LogP contribution in [0.15, 0.2) is 41.8 Å². The topological polar surface area (TPSA) is 21.3 Å². The van der Waals surface area contributed by atoms with Gasteiger partial charge in [-0.1, -0.05) is 31.2 Å². The van der Waals surface area contributed by atoms with Crippen molar-refractivity contribution in [3.8, 4) is 5.75 Å². The van der Waals surface area contributed by atoms with Crippen LogP contribution in [0.3, 0.4) is 0 Å². The molecule has 0 radical (unpaired) electrons. The predicted molar refractivity (Wildman–Crippen MR) is 77.3 cm³/mol. The van der Waals surface area contributed by atoms with Crippen molar-refractivity contribution in [1.29, 1.82) is 0 Å². The molecule has 1 atom stereocenters. The van der Waals surface area contributed by atoms with Gasteiger partial charge in [-0.15, -0.1) is 24.5 Å². The van der Waals surface area contributed by atoms with E-state index in [9.17, 15) is 13.2 Å². The number of halogens is 3. The highest BCUT2D eigenvalue weighted by Gasteiger charge is 2.31. The second kappa shape index (κ2) is 6.95. The van der Waals surface area contributed by atoms with Gasteiger partial charge in [0.25, 0.3) is 0 Å². The third-order valence-electron chi connectivity index (χ3n) is 3.03. The maximum Gasteiger partial charge on any atom is 0.573 e. The molecule has 0 aliphatic heterocycles. The summed E-state index contributed by atoms with van der Waals surface area (Å²) in [4.78, 5) is 1.17. The Bertz CT molecular complexity index is 554. The molecule has 1 heterocycles. The lowest BCUT2D eigenvalue weighted by Crippen LogP contribution is -2.22. The summed E-state index contributed by atoms with van der Waals surface area (Å²) in [5.74, 6) is -0.154. The molecular formula is C15H16F3NOS. The van der Waals surface area contributed by atoms with Crippen molar-refractivity contribution in [3.05, 3.63) is 52.2 Å². The van der Waals surface area contributed by atoms with Crippen LogP contribution in [0.25, 0.3) is 0 Å². The Labute approximate surface area is 125 Å². The average molecular weight is 315 g/mol. The van der Waals surface area contributed by atoms with Crippen molar-refractivity contribution in [2.24, 2.45) is 0 Å². The molecule has 0 fully saturated rings. The first-order valence-corrected chi connectivity index (χ1v) is 7.48. The minimum Gasteiger partial charge on any atom is -0.405 e. The number of benzene rings is 1. The Balaban J connectivity index is 2.06. The smallest absolute Gasteiger partial charge is 0.405 e. The molecule has 0 bridgehead atoms. The first-order valence-electron chi connectivity index (χ1n) is 6.60. The van der Waals surface area contributed by atoms with Crippen LogP contribution in [0.1, 0.15) is 29.8 Å². The van der Waals surface area contributed by atoms with E-state index >= 15 is 0 Å². The maximum atomic E-state index is 12.4. The zero-order valence-corrected chi connectivity index (χ0v) is 12.3. The van der Waals surface area contributed by atoms with E-state index in [1.54, 1.807) is 23.5 Å². The molecule has 0 saturated carbocycles. The molecule has 2 rings (SSSR count). The Hall–Kier alpha value is -1.53. The van der Waals surface area contributed by atoms with Gasteiger partial charge < -0.3 is 10.1 Å². The van der Waals surface area contributed by atoms with Gasteiger partial charge in [-0.05, 0) is 23.9 Å². The highest BCUT2D eigenvalue weighted by atomic mass is 32.1. The Morgan fingerprint density at radius 2 is 1.95 bits per heavy atom. The number of hydrogen-bond donors (Lipinski definition) is 1. The lowest BCUT2D eigenvalue weighted by Gasteiger charge is -2.18. The number of alkyl halides is 3. The van der Waals surface area contributed by atoms with E-state index in [0.717, 1.165) is 6.42 Å². The van der Waals surface area contributed by atoms with Gasteiger partial charge in [-0.2, -0.15) is 0 Å². The molecule has 6 heteroatoms. The van der Waals surface area contributed by atoms with Gasteiger partial charge in [0.2, 0.25) is 0 Å². The fraction of sp³-hybridized carbons (Fsp3) is 0.333. The Morgan fingerprint density at radius 1 is 1.19 bits per heavy atom. The zero-order chi connectivity index (χ0) is 15.3. The lowest BCUT2D eigenvalue weighted by molar-refractivity contribution is -0.274. The first-order chi connectivity index (χ1) is 9.99. The highest BCUT2D eigenvalue weighted by molar-refractivity contribution is 7.10. The molecule has 2 aromatic rings. The van der Waals surface area contributed by atoms with Crippen molar-refractivity contribution in [2.45, 2.75) is 32.3 Å². The van der Waals surface area contributed by atoms with Crippen molar-refractivity contribution in [1.82, 2.24) is 5.32 Å². The minimum atomic E-state index is -4.67. The third-order valence-corrected chi connectivity index (χ3v) is 4.02. The monoisotopic (exact) mass is 315 g/mol. The highest BCUT2D eigenvalue weighted by Crippen LogP contribution is 2.27. The molecule has 2 nitrogen and oxygen atoms in total. The minimum absolute atomic E-state index is 0.129. The molecule has 0 aliphatic carbocycles. The summed E-state index contributed by atoms with van der Waals surface area (Å²) in [6.45, 7) is 2.36. The molecule has 114 valence electrons. The van der Waals surface area contributed by atoms with Crippen LogP contribution in [-0.4, -0.2) is 6.36 Å². The van der Waals surface area contributed by atoms with E-state index in [2.05, 4.69) is 10.1 Å². The average Bonchev–Trinajstić information content (AvgIpc) is 2.93. The van der Waals surface area contributed by atoms with Gasteiger partial charge in [-0.3, -0.25) is 0 Å². The quantitative estimate of drug-likeness (QED) is 0.819. The van der Waals surface area contributed by atoms with Crippen LogP contribution in [-0.2, 0) is 6.54 Å². The predicted octanol–water partition coefficient (Wildman–Crippen LogP) is 4.89. The number of para-hydroxylation sites is 1. The zero-order valence-electron chi connectivity index (χ0n) is 11.5. The lowest BCUT2D eigenvalue weighted by atomic mass is 10.1. The fourth-order valence-electron chi connectivity index (χ4n) is 2.04. The maximum absolute atomic E-state index is 12.4. The molecule has 1 unspecified atom stereocenters. The third kappa shape index (κ3) is 4.75. The van der Waals surface area contributed by atoms with E-state index in [-0.39, 0.29) is 11.8 Å². The second-order valence-corrected chi connectivity index (χ2v) is 5.49. The summed E-state index contributed by atoms with van der Waals surface area (Å²) >= 11 is 1.63. The first kappa shape index (κ1) is 15.9. The van der Waals surface area contributed by atoms with E-state index in [0.29, 0.717) is 12.1 Å². The van der Waals surface area contributed by atoms with Gasteiger partial charge in [0.15, 0.2) is 0 Å². The fourth-order valence-corrected chi connectivity index (χ4v) is 2.93. The van der Waals surface area contributed by atoms with Gasteiger partial charge in [0.05, 0.1) is 0 Å². The molecule has 0 amide bonds. The summed E-state index contributed by atoms with van der Waals surface area (Å²) in [5.41, 5.74) is 0.491. The summed E-state index contributed by atoms with van der Waals surface area (Å²) in [6, 6.07) is 10.3. The molecule has 1 aromatic heterocycles. The molecule has 0 saturated heterocycles. The molecular weight excluding hydrogens is 299 g/mol. The standard InChI is InChI=1S/C15H16F3NOS/c1-2-12(14-8-5-9-21-14)19-10-11-6-3-4-7-13(11)20-15(16,17)18/h3-9,12,19H,2,10H2,1H3. The van der Waals surface area contributed by atoms with Gasteiger partial charge in [-0.25, -0.2) is 0 Å². The van der Waals surface area contributed by atoms with Gasteiger partial charge in [0, 0.05) is 23.0 Å². The summed E-state index contributed by atoms with van der Waals surface area (Å²) in [6.07, 6.45) is -3.81. The van der Waals surface area contributed by atoms with Crippen LogP contribution >= 0.6 is 11.3 Å². The SMILES string of the molecule is CCC(NCc1ccccc1OC(F)(F)F)c1cccs1. The number of ether oxygens (including phenoxy) is 1. The second-order valence-electron chi connectivity index (χ2n) is 4.51. The number of nitrogens with one attached hydrogen (secondary N) is 1. The summed E-state index contributed by atoms with van der Waals surface area (Å²) in [7, 11) is 0. The van der Waals surface area contributed by atoms with E-state index in [1.165, 1.54) is 17.0 Å². The van der Waals surface area contributed by atoms with Crippen LogP contribution < -0.4 is 10.1 Å². The normalized spacial score (nSPS) is 13.1. The van der Waals surface area contributed by atoms with E-state index < -0.39 is 6.36 Å². The van der Waals surface area contributed by atoms with Crippen LogP contribution in [0.4, 0.5) is 13.2 Å². The summed E-state index contributed by atoms with van der Waals surface area (Å²) in [5, 5.41) is 5.26. The van der Waals surface area contributed by atoms with Crippen LogP contribution in [0.2, 0.25) is 0 Å². The van der Waals surface area contributed by atoms with Gasteiger partial charge >= 0.3 is 6.36 Å². The van der Waals surface area contributed by atoms with Crippen molar-refractivity contribution < 1.29 is 17.9 Å². The molecule has 1 N–H and O–H groups in total.